The van der Waals surface area contributed by atoms with Gasteiger partial charge in [0.2, 0.25) is 0 Å². The molecule has 1 atom stereocenters. The van der Waals surface area contributed by atoms with Gasteiger partial charge in [0.15, 0.2) is 0 Å². The Labute approximate surface area is 116 Å². The van der Waals surface area contributed by atoms with E-state index in [4.69, 9.17) is 14.2 Å². The van der Waals surface area contributed by atoms with Gasteiger partial charge in [-0.15, -0.1) is 0 Å². The van der Waals surface area contributed by atoms with Crippen LogP contribution in [0.15, 0.2) is 18.2 Å². The predicted octanol–water partition coefficient (Wildman–Crippen LogP) is 2.78. The van der Waals surface area contributed by atoms with Gasteiger partial charge in [0.25, 0.3) is 0 Å². The molecule has 0 spiro atoms. The van der Waals surface area contributed by atoms with Crippen molar-refractivity contribution in [3.05, 3.63) is 23.8 Å². The summed E-state index contributed by atoms with van der Waals surface area (Å²) in [6, 6.07) is 6.13. The molecule has 0 saturated carbocycles. The summed E-state index contributed by atoms with van der Waals surface area (Å²) in [5, 5.41) is 3.33. The van der Waals surface area contributed by atoms with E-state index in [1.54, 1.807) is 14.2 Å². The summed E-state index contributed by atoms with van der Waals surface area (Å²) in [6.45, 7) is 3.58. The second kappa shape index (κ2) is 8.77. The Kier molecular flexibility index (Phi) is 7.30. The predicted molar refractivity (Wildman–Crippen MR) is 77.1 cm³/mol. The Morgan fingerprint density at radius 2 is 2.00 bits per heavy atom. The number of nitrogens with one attached hydrogen (secondary N) is 1. The van der Waals surface area contributed by atoms with Crippen LogP contribution < -0.4 is 14.8 Å². The molecule has 0 bridgehead atoms. The highest BCUT2D eigenvalue weighted by atomic mass is 16.5. The number of benzene rings is 1. The fourth-order valence-corrected chi connectivity index (χ4v) is 2.10. The van der Waals surface area contributed by atoms with Crippen molar-refractivity contribution in [1.82, 2.24) is 5.32 Å². The van der Waals surface area contributed by atoms with E-state index in [0.29, 0.717) is 0 Å². The minimum atomic E-state index is 0.241. The highest BCUT2D eigenvalue weighted by Gasteiger charge is 2.15. The van der Waals surface area contributed by atoms with Gasteiger partial charge in [-0.05, 0) is 45.0 Å². The van der Waals surface area contributed by atoms with Crippen LogP contribution in [-0.4, -0.2) is 34.5 Å². The van der Waals surface area contributed by atoms with Gasteiger partial charge in [0.05, 0.1) is 14.2 Å². The number of methoxy groups -OCH3 is 2. The van der Waals surface area contributed by atoms with E-state index in [2.05, 4.69) is 5.32 Å². The maximum absolute atomic E-state index is 5.43. The molecule has 1 N–H and O–H groups in total. The number of ether oxygens (including phenoxy) is 3. The molecule has 0 heterocycles. The van der Waals surface area contributed by atoms with Crippen LogP contribution in [0.4, 0.5) is 0 Å². The van der Waals surface area contributed by atoms with Crippen molar-refractivity contribution in [3.8, 4) is 11.5 Å². The molecule has 0 saturated heterocycles. The first-order chi connectivity index (χ1) is 9.26. The Hall–Kier alpha value is -1.26. The van der Waals surface area contributed by atoms with Crippen LogP contribution in [0, 0.1) is 0 Å². The zero-order chi connectivity index (χ0) is 14.1. The third-order valence-electron chi connectivity index (χ3n) is 3.15. The molecule has 0 aliphatic heterocycles. The first-order valence-corrected chi connectivity index (χ1v) is 6.73. The van der Waals surface area contributed by atoms with Gasteiger partial charge in [-0.25, -0.2) is 0 Å². The third-order valence-corrected chi connectivity index (χ3v) is 3.15. The monoisotopic (exact) mass is 267 g/mol. The zero-order valence-corrected chi connectivity index (χ0v) is 12.4. The van der Waals surface area contributed by atoms with Crippen LogP contribution in [0.3, 0.4) is 0 Å². The lowest BCUT2D eigenvalue weighted by Gasteiger charge is -2.20. The van der Waals surface area contributed by atoms with E-state index in [1.165, 1.54) is 0 Å². The molecule has 0 aromatic heterocycles. The standard InChI is InChI=1S/C15H25NO3/c1-5-19-10-6-7-14(16-2)13-11-12(17-3)8-9-15(13)18-4/h8-9,11,14,16H,5-7,10H2,1-4H3. The Bertz CT molecular complexity index is 368. The summed E-state index contributed by atoms with van der Waals surface area (Å²) < 4.78 is 16.1. The van der Waals surface area contributed by atoms with Gasteiger partial charge in [-0.3, -0.25) is 0 Å². The van der Waals surface area contributed by atoms with E-state index in [9.17, 15) is 0 Å². The summed E-state index contributed by atoms with van der Waals surface area (Å²) in [5.74, 6) is 1.73. The Morgan fingerprint density at radius 3 is 2.58 bits per heavy atom. The van der Waals surface area contributed by atoms with Gasteiger partial charge >= 0.3 is 0 Å². The van der Waals surface area contributed by atoms with Crippen LogP contribution in [-0.2, 0) is 4.74 Å². The van der Waals surface area contributed by atoms with Gasteiger partial charge in [-0.1, -0.05) is 0 Å². The molecule has 0 radical (unpaired) electrons. The summed E-state index contributed by atoms with van der Waals surface area (Å²) in [7, 11) is 5.33. The highest BCUT2D eigenvalue weighted by Crippen LogP contribution is 2.31. The Morgan fingerprint density at radius 1 is 1.21 bits per heavy atom. The van der Waals surface area contributed by atoms with Crippen LogP contribution in [0.2, 0.25) is 0 Å². The van der Waals surface area contributed by atoms with E-state index in [-0.39, 0.29) is 6.04 Å². The lowest BCUT2D eigenvalue weighted by molar-refractivity contribution is 0.141. The van der Waals surface area contributed by atoms with E-state index in [1.807, 2.05) is 32.2 Å². The molecular formula is C15H25NO3. The molecule has 0 aliphatic rings. The maximum atomic E-state index is 5.43. The first kappa shape index (κ1) is 15.8. The van der Waals surface area contributed by atoms with Gasteiger partial charge in [0.1, 0.15) is 11.5 Å². The van der Waals surface area contributed by atoms with Gasteiger partial charge in [0, 0.05) is 24.8 Å². The van der Waals surface area contributed by atoms with Crippen LogP contribution >= 0.6 is 0 Å². The summed E-state index contributed by atoms with van der Waals surface area (Å²) in [4.78, 5) is 0. The second-order valence-corrected chi connectivity index (χ2v) is 4.29. The normalized spacial score (nSPS) is 12.2. The van der Waals surface area contributed by atoms with Crippen molar-refractivity contribution in [3.63, 3.8) is 0 Å². The SMILES string of the molecule is CCOCCCC(NC)c1cc(OC)ccc1OC. The molecular weight excluding hydrogens is 242 g/mol. The highest BCUT2D eigenvalue weighted by molar-refractivity contribution is 5.42. The van der Waals surface area contributed by atoms with Gasteiger partial charge < -0.3 is 19.5 Å². The molecule has 1 aromatic rings. The number of rotatable bonds is 9. The topological polar surface area (TPSA) is 39.7 Å². The molecule has 0 amide bonds. The van der Waals surface area contributed by atoms with Crippen molar-refractivity contribution in [1.29, 1.82) is 0 Å². The Balaban J connectivity index is 2.77. The van der Waals surface area contributed by atoms with Crippen LogP contribution in [0.25, 0.3) is 0 Å². The molecule has 19 heavy (non-hydrogen) atoms. The quantitative estimate of drug-likeness (QED) is 0.698. The number of hydrogen-bond acceptors (Lipinski definition) is 4. The number of hydrogen-bond donors (Lipinski definition) is 1. The minimum Gasteiger partial charge on any atom is -0.497 e. The summed E-state index contributed by atoms with van der Waals surface area (Å²) in [5.41, 5.74) is 1.13. The molecule has 0 fully saturated rings. The first-order valence-electron chi connectivity index (χ1n) is 6.73. The zero-order valence-electron chi connectivity index (χ0n) is 12.4. The fraction of sp³-hybridized carbons (Fsp3) is 0.600. The van der Waals surface area contributed by atoms with Gasteiger partial charge in [-0.2, -0.15) is 0 Å². The van der Waals surface area contributed by atoms with E-state index >= 15 is 0 Å². The fourth-order valence-electron chi connectivity index (χ4n) is 2.10. The average molecular weight is 267 g/mol. The lowest BCUT2D eigenvalue weighted by atomic mass is 10.0. The third kappa shape index (κ3) is 4.73. The van der Waals surface area contributed by atoms with Crippen LogP contribution in [0.1, 0.15) is 31.4 Å². The molecule has 1 aromatic carbocycles. The lowest BCUT2D eigenvalue weighted by Crippen LogP contribution is -2.18. The van der Waals surface area contributed by atoms with E-state index < -0.39 is 0 Å². The smallest absolute Gasteiger partial charge is 0.123 e. The average Bonchev–Trinajstić information content (AvgIpc) is 2.47. The summed E-state index contributed by atoms with van der Waals surface area (Å²) >= 11 is 0. The largest absolute Gasteiger partial charge is 0.497 e. The molecule has 1 rings (SSSR count). The van der Waals surface area contributed by atoms with Crippen molar-refractivity contribution in [2.24, 2.45) is 0 Å². The second-order valence-electron chi connectivity index (χ2n) is 4.29. The van der Waals surface area contributed by atoms with Crippen molar-refractivity contribution >= 4 is 0 Å². The van der Waals surface area contributed by atoms with Crippen molar-refractivity contribution < 1.29 is 14.2 Å². The molecule has 4 heteroatoms. The molecule has 0 aliphatic carbocycles. The molecule has 108 valence electrons. The maximum Gasteiger partial charge on any atom is 0.123 e. The summed E-state index contributed by atoms with van der Waals surface area (Å²) in [6.07, 6.45) is 2.01. The molecule has 1 unspecified atom stereocenters. The van der Waals surface area contributed by atoms with E-state index in [0.717, 1.165) is 43.1 Å². The van der Waals surface area contributed by atoms with Crippen molar-refractivity contribution in [2.75, 3.05) is 34.5 Å². The van der Waals surface area contributed by atoms with Crippen molar-refractivity contribution in [2.45, 2.75) is 25.8 Å². The minimum absolute atomic E-state index is 0.241. The van der Waals surface area contributed by atoms with Crippen LogP contribution in [0.5, 0.6) is 11.5 Å². The molecule has 4 nitrogen and oxygen atoms in total.